The molecule has 3 nitrogen and oxygen atoms in total. The van der Waals surface area contributed by atoms with Crippen LogP contribution in [0.1, 0.15) is 97.8 Å². The van der Waals surface area contributed by atoms with Crippen molar-refractivity contribution in [1.29, 1.82) is 0 Å². The topological polar surface area (TPSA) is 57.5 Å². The highest BCUT2D eigenvalue weighted by atomic mass is 16.4. The van der Waals surface area contributed by atoms with E-state index in [0.29, 0.717) is 29.1 Å². The Bertz CT molecular complexity index is 588. The van der Waals surface area contributed by atoms with Crippen LogP contribution in [0.2, 0.25) is 0 Å². The number of rotatable bonds is 4. The first-order chi connectivity index (χ1) is 13.3. The summed E-state index contributed by atoms with van der Waals surface area (Å²) in [5, 5.41) is 19.4. The summed E-state index contributed by atoms with van der Waals surface area (Å²) >= 11 is 0. The fourth-order valence-electron chi connectivity index (χ4n) is 8.97. The standard InChI is InChI=1S/C25H42O3/c1-16(7-10-23(27)28)20-8-9-21-19-6-4-5-17-15-18(26)11-13-24(17,2)22(19)12-14-25(20,21)3/h16-22,26H,4-15H2,1-3H3,(H,27,28)/t16-,17-,18-,19+,20-,21+,22?,24+,25-/m1/s1. The summed E-state index contributed by atoms with van der Waals surface area (Å²) < 4.78 is 0. The van der Waals surface area contributed by atoms with Gasteiger partial charge in [-0.3, -0.25) is 4.79 Å². The molecule has 4 aliphatic carbocycles. The largest absolute Gasteiger partial charge is 0.481 e. The molecule has 0 bridgehead atoms. The van der Waals surface area contributed by atoms with E-state index in [1.165, 1.54) is 51.4 Å². The zero-order chi connectivity index (χ0) is 20.1. The van der Waals surface area contributed by atoms with Gasteiger partial charge in [-0.1, -0.05) is 27.2 Å². The summed E-state index contributed by atoms with van der Waals surface area (Å²) in [6, 6.07) is 0. The van der Waals surface area contributed by atoms with Crippen molar-refractivity contribution in [2.45, 2.75) is 104 Å². The molecule has 0 saturated heterocycles. The lowest BCUT2D eigenvalue weighted by atomic mass is 9.49. The highest BCUT2D eigenvalue weighted by molar-refractivity contribution is 5.66. The molecule has 0 spiro atoms. The second kappa shape index (κ2) is 7.60. The van der Waals surface area contributed by atoms with Gasteiger partial charge in [0.1, 0.15) is 0 Å². The molecule has 0 amide bonds. The minimum atomic E-state index is -0.641. The lowest BCUT2D eigenvalue weighted by molar-refractivity contribution is -0.137. The molecule has 4 aliphatic rings. The van der Waals surface area contributed by atoms with Gasteiger partial charge in [0.25, 0.3) is 0 Å². The maximum atomic E-state index is 11.1. The van der Waals surface area contributed by atoms with Gasteiger partial charge in [-0.15, -0.1) is 0 Å². The van der Waals surface area contributed by atoms with E-state index >= 15 is 0 Å². The number of hydrogen-bond donors (Lipinski definition) is 2. The summed E-state index contributed by atoms with van der Waals surface area (Å²) in [4.78, 5) is 11.1. The van der Waals surface area contributed by atoms with Crippen molar-refractivity contribution in [1.82, 2.24) is 0 Å². The first-order valence-electron chi connectivity index (χ1n) is 12.2. The highest BCUT2D eigenvalue weighted by Gasteiger charge is 2.59. The van der Waals surface area contributed by atoms with Gasteiger partial charge in [0, 0.05) is 6.42 Å². The van der Waals surface area contributed by atoms with Crippen LogP contribution >= 0.6 is 0 Å². The molecular weight excluding hydrogens is 348 g/mol. The van der Waals surface area contributed by atoms with Gasteiger partial charge in [0.2, 0.25) is 0 Å². The molecule has 0 radical (unpaired) electrons. The second-order valence-electron chi connectivity index (χ2n) is 11.6. The van der Waals surface area contributed by atoms with Gasteiger partial charge in [-0.2, -0.15) is 0 Å². The van der Waals surface area contributed by atoms with Crippen molar-refractivity contribution >= 4 is 5.97 Å². The molecule has 4 fully saturated rings. The average molecular weight is 391 g/mol. The van der Waals surface area contributed by atoms with E-state index < -0.39 is 5.97 Å². The maximum absolute atomic E-state index is 11.1. The number of carboxylic acids is 1. The monoisotopic (exact) mass is 390 g/mol. The fourth-order valence-corrected chi connectivity index (χ4v) is 8.97. The molecule has 2 N–H and O–H groups in total. The van der Waals surface area contributed by atoms with Crippen LogP contribution in [0.4, 0.5) is 0 Å². The van der Waals surface area contributed by atoms with E-state index in [1.54, 1.807) is 0 Å². The number of carbonyl (C=O) groups is 1. The number of fused-ring (bicyclic) bond motifs is 5. The first-order valence-corrected chi connectivity index (χ1v) is 12.2. The summed E-state index contributed by atoms with van der Waals surface area (Å²) in [7, 11) is 0. The zero-order valence-corrected chi connectivity index (χ0v) is 18.3. The minimum absolute atomic E-state index is 0.0607. The van der Waals surface area contributed by atoms with Crippen LogP contribution in [-0.4, -0.2) is 22.3 Å². The fraction of sp³-hybridized carbons (Fsp3) is 0.960. The van der Waals surface area contributed by atoms with Crippen molar-refractivity contribution in [3.63, 3.8) is 0 Å². The molecule has 160 valence electrons. The molecule has 1 unspecified atom stereocenters. The molecule has 0 aromatic carbocycles. The Morgan fingerprint density at radius 3 is 2.46 bits per heavy atom. The second-order valence-corrected chi connectivity index (χ2v) is 11.6. The van der Waals surface area contributed by atoms with Crippen LogP contribution in [0.25, 0.3) is 0 Å². The maximum Gasteiger partial charge on any atom is 0.303 e. The molecule has 9 atom stereocenters. The molecule has 0 aromatic heterocycles. The van der Waals surface area contributed by atoms with Crippen LogP contribution < -0.4 is 0 Å². The van der Waals surface area contributed by atoms with E-state index in [4.69, 9.17) is 5.11 Å². The van der Waals surface area contributed by atoms with Gasteiger partial charge in [0.05, 0.1) is 6.10 Å². The molecule has 3 heteroatoms. The molecule has 4 rings (SSSR count). The Labute approximate surface area is 171 Å². The van der Waals surface area contributed by atoms with Crippen LogP contribution in [0, 0.1) is 46.3 Å². The predicted octanol–water partition coefficient (Wildman–Crippen LogP) is 5.90. The van der Waals surface area contributed by atoms with Crippen LogP contribution in [0.15, 0.2) is 0 Å². The summed E-state index contributed by atoms with van der Waals surface area (Å²) in [5.41, 5.74) is 0.859. The third-order valence-electron chi connectivity index (χ3n) is 10.5. The lowest BCUT2D eigenvalue weighted by Gasteiger charge is -2.56. The molecule has 0 aromatic rings. The van der Waals surface area contributed by atoms with Crippen molar-refractivity contribution < 1.29 is 15.0 Å². The number of aliphatic hydroxyl groups excluding tert-OH is 1. The van der Waals surface area contributed by atoms with Crippen LogP contribution in [0.3, 0.4) is 0 Å². The predicted molar refractivity (Wildman–Crippen MR) is 112 cm³/mol. The Morgan fingerprint density at radius 1 is 1.00 bits per heavy atom. The SMILES string of the molecule is C[C@H](CCC(=O)O)[C@H]1CC[C@H]2[C@@H]3CCC[C@@H]4C[C@H](O)CC[C@]4(C)C3CC[C@]12C. The van der Waals surface area contributed by atoms with Crippen molar-refractivity contribution in [3.8, 4) is 0 Å². The summed E-state index contributed by atoms with van der Waals surface area (Å²) in [6.07, 6.45) is 13.8. The third-order valence-corrected chi connectivity index (χ3v) is 10.5. The first kappa shape index (κ1) is 20.7. The molecular formula is C25H42O3. The van der Waals surface area contributed by atoms with Crippen molar-refractivity contribution in [3.05, 3.63) is 0 Å². The minimum Gasteiger partial charge on any atom is -0.481 e. The number of carboxylic acid groups (broad SMARTS) is 1. The zero-order valence-electron chi connectivity index (χ0n) is 18.3. The summed E-state index contributed by atoms with van der Waals surface area (Å²) in [5.74, 6) is 3.87. The van der Waals surface area contributed by atoms with Gasteiger partial charge in [-0.05, 0) is 111 Å². The number of aliphatic hydroxyl groups is 1. The van der Waals surface area contributed by atoms with Gasteiger partial charge >= 0.3 is 5.97 Å². The van der Waals surface area contributed by atoms with Gasteiger partial charge in [-0.25, -0.2) is 0 Å². The Balaban J connectivity index is 1.54. The van der Waals surface area contributed by atoms with Crippen LogP contribution in [0.5, 0.6) is 0 Å². The Kier molecular flexibility index (Phi) is 5.61. The highest BCUT2D eigenvalue weighted by Crippen LogP contribution is 2.67. The smallest absolute Gasteiger partial charge is 0.303 e. The number of aliphatic carboxylic acids is 1. The van der Waals surface area contributed by atoms with E-state index in [-0.39, 0.29) is 6.10 Å². The van der Waals surface area contributed by atoms with E-state index in [0.717, 1.165) is 42.9 Å². The lowest BCUT2D eigenvalue weighted by Crippen LogP contribution is -2.50. The Hall–Kier alpha value is -0.570. The van der Waals surface area contributed by atoms with Gasteiger partial charge < -0.3 is 10.2 Å². The van der Waals surface area contributed by atoms with Crippen molar-refractivity contribution in [2.75, 3.05) is 0 Å². The van der Waals surface area contributed by atoms with E-state index in [1.807, 2.05) is 0 Å². The molecule has 28 heavy (non-hydrogen) atoms. The molecule has 0 aliphatic heterocycles. The van der Waals surface area contributed by atoms with E-state index in [9.17, 15) is 9.90 Å². The van der Waals surface area contributed by atoms with Gasteiger partial charge in [0.15, 0.2) is 0 Å². The normalized spacial score (nSPS) is 49.4. The average Bonchev–Trinajstić information content (AvgIpc) is 2.92. The van der Waals surface area contributed by atoms with Crippen LogP contribution in [-0.2, 0) is 4.79 Å². The third kappa shape index (κ3) is 3.34. The quantitative estimate of drug-likeness (QED) is 0.628. The molecule has 0 heterocycles. The summed E-state index contributed by atoms with van der Waals surface area (Å²) in [6.45, 7) is 7.47. The number of hydrogen-bond acceptors (Lipinski definition) is 2. The van der Waals surface area contributed by atoms with E-state index in [2.05, 4.69) is 20.8 Å². The Morgan fingerprint density at radius 2 is 1.71 bits per heavy atom. The molecule has 4 saturated carbocycles. The van der Waals surface area contributed by atoms with Crippen molar-refractivity contribution in [2.24, 2.45) is 46.3 Å².